The SMILES string of the molecule is CCCCC(=O)NCc1nc(C=C(C)C2CC3OC3CCCC(C)C(O)C(C)C(=O)C(C)(C)C(O)CC(=O)O2)cs1. The van der Waals surface area contributed by atoms with Crippen LogP contribution in [0.25, 0.3) is 6.08 Å². The van der Waals surface area contributed by atoms with Crippen molar-refractivity contribution in [2.24, 2.45) is 17.3 Å². The fourth-order valence-electron chi connectivity index (χ4n) is 5.41. The molecule has 2 saturated heterocycles. The number of cyclic esters (lactones) is 1. The number of ether oxygens (including phenoxy) is 2. The molecule has 0 spiro atoms. The standard InChI is InChI=1S/C31H48N2O7S/c1-7-8-12-26(35)32-16-27-33-21(17-41-27)13-19(3)23-14-24-22(39-24)11-9-10-18(2)29(37)20(4)30(38)31(5,6)25(34)15-28(36)40-23/h13,17-18,20,22-25,29,34,37H,7-12,14-16H2,1-6H3,(H,32,35). The van der Waals surface area contributed by atoms with Crippen LogP contribution in [0.1, 0.15) is 104 Å². The maximum atomic E-state index is 13.3. The lowest BCUT2D eigenvalue weighted by molar-refractivity contribution is -0.154. The van der Waals surface area contributed by atoms with Gasteiger partial charge >= 0.3 is 5.97 Å². The van der Waals surface area contributed by atoms with Gasteiger partial charge in [0.15, 0.2) is 0 Å². The second-order valence-corrected chi connectivity index (χ2v) is 13.3. The van der Waals surface area contributed by atoms with Crippen LogP contribution in [0.4, 0.5) is 0 Å². The van der Waals surface area contributed by atoms with Gasteiger partial charge in [-0.15, -0.1) is 11.3 Å². The lowest BCUT2D eigenvalue weighted by atomic mass is 9.73. The van der Waals surface area contributed by atoms with Crippen molar-refractivity contribution >= 4 is 35.1 Å². The van der Waals surface area contributed by atoms with E-state index >= 15 is 0 Å². The number of fused-ring (bicyclic) bond motifs is 1. The Morgan fingerprint density at radius 3 is 2.66 bits per heavy atom. The number of aliphatic hydroxyl groups excluding tert-OH is 2. The van der Waals surface area contributed by atoms with E-state index in [-0.39, 0.29) is 36.2 Å². The van der Waals surface area contributed by atoms with Crippen molar-refractivity contribution in [2.75, 3.05) is 0 Å². The van der Waals surface area contributed by atoms with E-state index in [0.29, 0.717) is 19.4 Å². The summed E-state index contributed by atoms with van der Waals surface area (Å²) in [5, 5.41) is 27.4. The molecular weight excluding hydrogens is 544 g/mol. The van der Waals surface area contributed by atoms with Gasteiger partial charge in [-0.3, -0.25) is 14.4 Å². The van der Waals surface area contributed by atoms with Crippen LogP contribution >= 0.6 is 11.3 Å². The third-order valence-corrected chi connectivity index (χ3v) is 9.41. The first-order chi connectivity index (χ1) is 19.3. The number of nitrogens with one attached hydrogen (secondary N) is 1. The highest BCUT2D eigenvalue weighted by Crippen LogP contribution is 2.36. The molecule has 3 heterocycles. The van der Waals surface area contributed by atoms with Crippen LogP contribution in [-0.4, -0.2) is 63.4 Å². The summed E-state index contributed by atoms with van der Waals surface area (Å²) in [4.78, 5) is 42.8. The third-order valence-electron chi connectivity index (χ3n) is 8.54. The predicted octanol–water partition coefficient (Wildman–Crippen LogP) is 4.59. The molecule has 3 N–H and O–H groups in total. The van der Waals surface area contributed by atoms with Crippen LogP contribution in [0.3, 0.4) is 0 Å². The van der Waals surface area contributed by atoms with Gasteiger partial charge in [0.05, 0.1) is 48.5 Å². The van der Waals surface area contributed by atoms with Gasteiger partial charge in [-0.05, 0) is 43.8 Å². The van der Waals surface area contributed by atoms with Crippen molar-refractivity contribution in [1.29, 1.82) is 0 Å². The Morgan fingerprint density at radius 2 is 1.95 bits per heavy atom. The summed E-state index contributed by atoms with van der Waals surface area (Å²) in [6.07, 6.45) is 4.14. The summed E-state index contributed by atoms with van der Waals surface area (Å²) in [5.74, 6) is -1.62. The largest absolute Gasteiger partial charge is 0.458 e. The number of Topliss-reactive ketones (excluding diaryl/α,β-unsaturated/α-hetero) is 1. The first kappa shape index (κ1) is 33.4. The number of epoxide rings is 1. The summed E-state index contributed by atoms with van der Waals surface area (Å²) >= 11 is 1.45. The fraction of sp³-hybridized carbons (Fsp3) is 0.742. The number of amides is 1. The predicted molar refractivity (Wildman–Crippen MR) is 158 cm³/mol. The van der Waals surface area contributed by atoms with Crippen molar-refractivity contribution in [3.8, 4) is 0 Å². The summed E-state index contributed by atoms with van der Waals surface area (Å²) in [6.45, 7) is 11.2. The molecule has 0 aromatic carbocycles. The summed E-state index contributed by atoms with van der Waals surface area (Å²) in [7, 11) is 0. The number of unbranched alkanes of at least 4 members (excludes halogenated alkanes) is 1. The molecular formula is C31H48N2O7S. The molecule has 41 heavy (non-hydrogen) atoms. The van der Waals surface area contributed by atoms with Gasteiger partial charge in [0.2, 0.25) is 5.91 Å². The van der Waals surface area contributed by atoms with Crippen molar-refractivity contribution in [3.05, 3.63) is 21.7 Å². The van der Waals surface area contributed by atoms with Gasteiger partial charge in [0, 0.05) is 24.1 Å². The highest BCUT2D eigenvalue weighted by Gasteiger charge is 2.44. The van der Waals surface area contributed by atoms with Gasteiger partial charge in [0.1, 0.15) is 16.9 Å². The number of thiazole rings is 1. The van der Waals surface area contributed by atoms with Crippen LogP contribution in [0, 0.1) is 17.3 Å². The van der Waals surface area contributed by atoms with Crippen LogP contribution in [-0.2, 0) is 30.4 Å². The van der Waals surface area contributed by atoms with E-state index < -0.39 is 35.6 Å². The summed E-state index contributed by atoms with van der Waals surface area (Å²) in [5.41, 5.74) is 0.285. The van der Waals surface area contributed by atoms with Crippen molar-refractivity contribution in [1.82, 2.24) is 10.3 Å². The van der Waals surface area contributed by atoms with E-state index in [2.05, 4.69) is 10.3 Å². The lowest BCUT2D eigenvalue weighted by Gasteiger charge is -2.34. The minimum atomic E-state index is -1.26. The number of ketones is 1. The molecule has 0 saturated carbocycles. The molecule has 7 unspecified atom stereocenters. The molecule has 2 aliphatic heterocycles. The first-order valence-electron chi connectivity index (χ1n) is 15.0. The molecule has 230 valence electrons. The number of esters is 1. The maximum absolute atomic E-state index is 13.3. The first-order valence-corrected chi connectivity index (χ1v) is 15.9. The van der Waals surface area contributed by atoms with Crippen molar-refractivity contribution < 1.29 is 34.1 Å². The summed E-state index contributed by atoms with van der Waals surface area (Å²) in [6, 6.07) is 0. The number of carbonyl (C=O) groups excluding carboxylic acids is 3. The molecule has 2 fully saturated rings. The number of carbonyl (C=O) groups is 3. The maximum Gasteiger partial charge on any atom is 0.309 e. The van der Waals surface area contributed by atoms with E-state index in [0.717, 1.165) is 48.4 Å². The fourth-order valence-corrected chi connectivity index (χ4v) is 6.10. The smallest absolute Gasteiger partial charge is 0.309 e. The Hall–Kier alpha value is -2.14. The van der Waals surface area contributed by atoms with Crippen LogP contribution in [0.5, 0.6) is 0 Å². The second-order valence-electron chi connectivity index (χ2n) is 12.4. The lowest BCUT2D eigenvalue weighted by Crippen LogP contribution is -2.45. The average Bonchev–Trinajstić information content (AvgIpc) is 3.51. The molecule has 0 radical (unpaired) electrons. The monoisotopic (exact) mass is 592 g/mol. The van der Waals surface area contributed by atoms with E-state index in [1.54, 1.807) is 20.8 Å². The Balaban J connectivity index is 1.74. The van der Waals surface area contributed by atoms with Gasteiger partial charge in [0.25, 0.3) is 0 Å². The molecule has 1 aromatic heterocycles. The number of aromatic nitrogens is 1. The quantitative estimate of drug-likeness (QED) is 0.309. The number of hydrogen-bond acceptors (Lipinski definition) is 9. The van der Waals surface area contributed by atoms with Crippen molar-refractivity contribution in [3.63, 3.8) is 0 Å². The zero-order valence-electron chi connectivity index (χ0n) is 25.4. The molecule has 0 aliphatic carbocycles. The van der Waals surface area contributed by atoms with E-state index in [4.69, 9.17) is 9.47 Å². The normalized spacial score (nSPS) is 31.7. The van der Waals surface area contributed by atoms with Crippen LogP contribution < -0.4 is 5.32 Å². The molecule has 7 atom stereocenters. The summed E-state index contributed by atoms with van der Waals surface area (Å²) < 4.78 is 11.8. The molecule has 0 bridgehead atoms. The third kappa shape index (κ3) is 9.43. The number of hydrogen-bond donors (Lipinski definition) is 3. The van der Waals surface area contributed by atoms with E-state index in [1.165, 1.54) is 11.3 Å². The van der Waals surface area contributed by atoms with E-state index in [9.17, 15) is 24.6 Å². The zero-order chi connectivity index (χ0) is 30.3. The Kier molecular flexibility index (Phi) is 12.1. The molecule has 3 rings (SSSR count). The highest BCUT2D eigenvalue weighted by atomic mass is 32.1. The van der Waals surface area contributed by atoms with E-state index in [1.807, 2.05) is 32.2 Å². The average molecular weight is 593 g/mol. The number of rotatable bonds is 7. The Labute approximate surface area is 248 Å². The van der Waals surface area contributed by atoms with Crippen molar-refractivity contribution in [2.45, 2.75) is 130 Å². The van der Waals surface area contributed by atoms with Crippen LogP contribution in [0.2, 0.25) is 0 Å². The Morgan fingerprint density at radius 1 is 1.22 bits per heavy atom. The zero-order valence-corrected chi connectivity index (χ0v) is 26.2. The minimum Gasteiger partial charge on any atom is -0.458 e. The molecule has 1 aromatic rings. The molecule has 1 amide bonds. The molecule has 9 nitrogen and oxygen atoms in total. The molecule has 10 heteroatoms. The van der Waals surface area contributed by atoms with Gasteiger partial charge in [-0.25, -0.2) is 4.98 Å². The number of nitrogens with zero attached hydrogens (tertiary/aromatic N) is 1. The minimum absolute atomic E-state index is 0.0134. The second kappa shape index (κ2) is 14.8. The number of aliphatic hydroxyl groups is 2. The van der Waals surface area contributed by atoms with Gasteiger partial charge in [-0.2, -0.15) is 0 Å². The van der Waals surface area contributed by atoms with Gasteiger partial charge < -0.3 is 25.0 Å². The highest BCUT2D eigenvalue weighted by molar-refractivity contribution is 7.09. The van der Waals surface area contributed by atoms with Gasteiger partial charge in [-0.1, -0.05) is 47.5 Å². The topological polar surface area (TPSA) is 138 Å². The molecule has 2 aliphatic rings. The Bertz CT molecular complexity index is 1080. The van der Waals surface area contributed by atoms with Crippen LogP contribution in [0.15, 0.2) is 11.0 Å².